The van der Waals surface area contributed by atoms with E-state index in [1.54, 1.807) is 23.9 Å². The van der Waals surface area contributed by atoms with E-state index in [4.69, 9.17) is 9.15 Å². The second-order valence-corrected chi connectivity index (χ2v) is 9.80. The normalized spacial score (nSPS) is 15.7. The largest absolute Gasteiger partial charge is 0.504 e. The van der Waals surface area contributed by atoms with Crippen LogP contribution in [0.2, 0.25) is 0 Å². The molecule has 4 aromatic rings. The SMILES string of the molecule is COc1cc(-c2oc3ccc(C(C=O)N4CCN(Cc5ccccc5)CC4)cc3c2SC)ccc1O. The number of piperazine rings is 1. The first-order valence-electron chi connectivity index (χ1n) is 12.0. The van der Waals surface area contributed by atoms with E-state index in [1.807, 2.05) is 30.5 Å². The number of carbonyl (C=O) groups is 1. The van der Waals surface area contributed by atoms with Gasteiger partial charge in [-0.05, 0) is 47.7 Å². The van der Waals surface area contributed by atoms with Crippen molar-refractivity contribution in [1.29, 1.82) is 0 Å². The Morgan fingerprint density at radius 2 is 1.83 bits per heavy atom. The fourth-order valence-corrected chi connectivity index (χ4v) is 5.63. The maximum atomic E-state index is 12.3. The number of aromatic hydroxyl groups is 1. The molecule has 1 aromatic heterocycles. The summed E-state index contributed by atoms with van der Waals surface area (Å²) in [5.41, 5.74) is 3.88. The van der Waals surface area contributed by atoms with Crippen molar-refractivity contribution in [3.05, 3.63) is 77.9 Å². The highest BCUT2D eigenvalue weighted by Crippen LogP contribution is 2.42. The third-order valence-electron chi connectivity index (χ3n) is 6.83. The fourth-order valence-electron chi connectivity index (χ4n) is 4.90. The molecule has 1 atom stereocenters. The van der Waals surface area contributed by atoms with Gasteiger partial charge in [-0.25, -0.2) is 0 Å². The molecule has 0 bridgehead atoms. The van der Waals surface area contributed by atoms with E-state index in [1.165, 1.54) is 12.7 Å². The van der Waals surface area contributed by atoms with Crippen molar-refractivity contribution in [3.63, 3.8) is 0 Å². The van der Waals surface area contributed by atoms with Crippen LogP contribution in [0.25, 0.3) is 22.3 Å². The average molecular weight is 503 g/mol. The standard InChI is InChI=1S/C29H30N2O4S/c1-34-27-17-22(8-10-25(27)33)28-29(36-2)23-16-21(9-11-26(23)35-28)24(19-32)31-14-12-30(13-15-31)18-20-6-4-3-5-7-20/h3-11,16-17,19,24,33H,12-15,18H2,1-2H3. The van der Waals surface area contributed by atoms with Gasteiger partial charge in [0, 0.05) is 43.7 Å². The van der Waals surface area contributed by atoms with Gasteiger partial charge < -0.3 is 19.1 Å². The molecule has 0 spiro atoms. The Morgan fingerprint density at radius 3 is 2.53 bits per heavy atom. The Balaban J connectivity index is 1.38. The van der Waals surface area contributed by atoms with Crippen LogP contribution in [0.1, 0.15) is 17.2 Å². The van der Waals surface area contributed by atoms with Gasteiger partial charge in [0.2, 0.25) is 0 Å². The van der Waals surface area contributed by atoms with Crippen LogP contribution >= 0.6 is 11.8 Å². The first-order chi connectivity index (χ1) is 17.6. The van der Waals surface area contributed by atoms with Gasteiger partial charge in [0.15, 0.2) is 11.5 Å². The zero-order chi connectivity index (χ0) is 25.1. The second-order valence-electron chi connectivity index (χ2n) is 8.99. The van der Waals surface area contributed by atoms with Gasteiger partial charge >= 0.3 is 0 Å². The van der Waals surface area contributed by atoms with Crippen LogP contribution in [-0.2, 0) is 11.3 Å². The summed E-state index contributed by atoms with van der Waals surface area (Å²) in [4.78, 5) is 18.0. The first-order valence-corrected chi connectivity index (χ1v) is 13.3. The van der Waals surface area contributed by atoms with E-state index < -0.39 is 0 Å². The summed E-state index contributed by atoms with van der Waals surface area (Å²) >= 11 is 1.60. The number of carbonyl (C=O) groups excluding carboxylic acids is 1. The molecule has 1 saturated heterocycles. The maximum absolute atomic E-state index is 12.3. The quantitative estimate of drug-likeness (QED) is 0.249. The molecular formula is C29H30N2O4S. The smallest absolute Gasteiger partial charge is 0.161 e. The van der Waals surface area contributed by atoms with Gasteiger partial charge in [0.25, 0.3) is 0 Å². The molecule has 0 aliphatic carbocycles. The average Bonchev–Trinajstić information content (AvgIpc) is 3.29. The minimum atomic E-state index is -0.296. The predicted octanol–water partition coefficient (Wildman–Crippen LogP) is 5.59. The molecule has 1 unspecified atom stereocenters. The summed E-state index contributed by atoms with van der Waals surface area (Å²) in [5, 5.41) is 11.0. The minimum Gasteiger partial charge on any atom is -0.504 e. The molecule has 36 heavy (non-hydrogen) atoms. The lowest BCUT2D eigenvalue weighted by Crippen LogP contribution is -2.47. The van der Waals surface area contributed by atoms with Crippen molar-refractivity contribution in [3.8, 4) is 22.8 Å². The Kier molecular flexibility index (Phi) is 7.32. The molecule has 6 nitrogen and oxygen atoms in total. The Bertz CT molecular complexity index is 1350. The van der Waals surface area contributed by atoms with Crippen LogP contribution in [0.3, 0.4) is 0 Å². The van der Waals surface area contributed by atoms with E-state index in [2.05, 4.69) is 40.1 Å². The van der Waals surface area contributed by atoms with Crippen LogP contribution in [0.5, 0.6) is 11.5 Å². The highest BCUT2D eigenvalue weighted by atomic mass is 32.2. The van der Waals surface area contributed by atoms with Crippen molar-refractivity contribution >= 4 is 29.0 Å². The van der Waals surface area contributed by atoms with Gasteiger partial charge in [0.1, 0.15) is 17.6 Å². The summed E-state index contributed by atoms with van der Waals surface area (Å²) in [5.74, 6) is 1.21. The number of hydrogen-bond donors (Lipinski definition) is 1. The molecule has 0 saturated carbocycles. The van der Waals surface area contributed by atoms with Crippen molar-refractivity contribution in [2.24, 2.45) is 0 Å². The number of phenolic OH excluding ortho intramolecular Hbond substituents is 1. The number of rotatable bonds is 8. The number of benzene rings is 3. The molecule has 1 N–H and O–H groups in total. The van der Waals surface area contributed by atoms with Crippen LogP contribution in [0, 0.1) is 0 Å². The van der Waals surface area contributed by atoms with Crippen molar-refractivity contribution in [2.75, 3.05) is 39.5 Å². The van der Waals surface area contributed by atoms with Crippen molar-refractivity contribution in [2.45, 2.75) is 17.5 Å². The molecule has 1 aliphatic heterocycles. The Morgan fingerprint density at radius 1 is 1.06 bits per heavy atom. The number of hydrogen-bond acceptors (Lipinski definition) is 7. The van der Waals surface area contributed by atoms with Crippen LogP contribution in [0.4, 0.5) is 0 Å². The van der Waals surface area contributed by atoms with E-state index in [0.717, 1.165) is 71.8 Å². The summed E-state index contributed by atoms with van der Waals surface area (Å²) < 4.78 is 11.5. The number of ether oxygens (including phenoxy) is 1. The zero-order valence-corrected chi connectivity index (χ0v) is 21.3. The highest BCUT2D eigenvalue weighted by molar-refractivity contribution is 7.99. The van der Waals surface area contributed by atoms with E-state index in [0.29, 0.717) is 5.75 Å². The lowest BCUT2D eigenvalue weighted by Gasteiger charge is -2.37. The molecule has 2 heterocycles. The molecule has 0 amide bonds. The summed E-state index contributed by atoms with van der Waals surface area (Å²) in [6.07, 6.45) is 3.07. The molecule has 1 fully saturated rings. The summed E-state index contributed by atoms with van der Waals surface area (Å²) in [7, 11) is 1.53. The van der Waals surface area contributed by atoms with Crippen molar-refractivity contribution < 1.29 is 19.1 Å². The third-order valence-corrected chi connectivity index (χ3v) is 7.65. The highest BCUT2D eigenvalue weighted by Gasteiger charge is 2.26. The molecule has 7 heteroatoms. The van der Waals surface area contributed by atoms with Gasteiger partial charge in [-0.15, -0.1) is 11.8 Å². The zero-order valence-electron chi connectivity index (χ0n) is 20.5. The van der Waals surface area contributed by atoms with Crippen LogP contribution in [0.15, 0.2) is 76.0 Å². The number of phenols is 1. The van der Waals surface area contributed by atoms with Crippen LogP contribution < -0.4 is 4.74 Å². The Hall–Kier alpha value is -3.26. The molecule has 186 valence electrons. The topological polar surface area (TPSA) is 66.2 Å². The number of aldehydes is 1. The third kappa shape index (κ3) is 4.87. The van der Waals surface area contributed by atoms with E-state index in [9.17, 15) is 9.90 Å². The number of methoxy groups -OCH3 is 1. The van der Waals surface area contributed by atoms with Gasteiger partial charge in [-0.3, -0.25) is 9.80 Å². The number of fused-ring (bicyclic) bond motifs is 1. The summed E-state index contributed by atoms with van der Waals surface area (Å²) in [6.45, 7) is 4.47. The predicted molar refractivity (Wildman–Crippen MR) is 144 cm³/mol. The van der Waals surface area contributed by atoms with E-state index in [-0.39, 0.29) is 11.8 Å². The Labute approximate surface area is 215 Å². The number of thioether (sulfide) groups is 1. The number of furan rings is 1. The molecule has 0 radical (unpaired) electrons. The summed E-state index contributed by atoms with van der Waals surface area (Å²) in [6, 6.07) is 21.4. The lowest BCUT2D eigenvalue weighted by atomic mass is 10.0. The van der Waals surface area contributed by atoms with Gasteiger partial charge in [-0.2, -0.15) is 0 Å². The monoisotopic (exact) mass is 502 g/mol. The minimum absolute atomic E-state index is 0.0861. The fraction of sp³-hybridized carbons (Fsp3) is 0.276. The van der Waals surface area contributed by atoms with E-state index >= 15 is 0 Å². The molecule has 3 aromatic carbocycles. The molecule has 1 aliphatic rings. The second kappa shape index (κ2) is 10.8. The molecule has 5 rings (SSSR count). The van der Waals surface area contributed by atoms with Gasteiger partial charge in [0.05, 0.1) is 18.0 Å². The van der Waals surface area contributed by atoms with Crippen molar-refractivity contribution in [1.82, 2.24) is 9.80 Å². The first kappa shape index (κ1) is 24.4. The number of nitrogens with zero attached hydrogens (tertiary/aromatic N) is 2. The van der Waals surface area contributed by atoms with Gasteiger partial charge in [-0.1, -0.05) is 36.4 Å². The maximum Gasteiger partial charge on any atom is 0.161 e. The lowest BCUT2D eigenvalue weighted by molar-refractivity contribution is -0.113. The van der Waals surface area contributed by atoms with Crippen LogP contribution in [-0.4, -0.2) is 60.7 Å². The molecular weight excluding hydrogens is 472 g/mol.